The molecule has 0 bridgehead atoms. The molecule has 5 nitrogen and oxygen atoms in total. The van der Waals surface area contributed by atoms with Gasteiger partial charge in [0.15, 0.2) is 0 Å². The highest BCUT2D eigenvalue weighted by molar-refractivity contribution is 5.90. The van der Waals surface area contributed by atoms with E-state index >= 15 is 0 Å². The van der Waals surface area contributed by atoms with Crippen LogP contribution in [0.5, 0.6) is 0 Å². The summed E-state index contributed by atoms with van der Waals surface area (Å²) in [5.41, 5.74) is 0. The molecular weight excluding hydrogens is 134 g/mol. The van der Waals surface area contributed by atoms with Crippen LogP contribution in [0.2, 0.25) is 0 Å². The van der Waals surface area contributed by atoms with Crippen molar-refractivity contribution in [3.63, 3.8) is 0 Å². The van der Waals surface area contributed by atoms with Gasteiger partial charge in [-0.2, -0.15) is 0 Å². The minimum Gasteiger partial charge on any atom is -0.260 e. The molecule has 0 atom stereocenters. The fourth-order valence-electron chi connectivity index (χ4n) is 0.450. The summed E-state index contributed by atoms with van der Waals surface area (Å²) < 4.78 is 0. The smallest absolute Gasteiger partial charge is 0.260 e. The number of aromatic nitrogens is 2. The van der Waals surface area contributed by atoms with Gasteiger partial charge in [0.05, 0.1) is 0 Å². The van der Waals surface area contributed by atoms with E-state index in [1.807, 2.05) is 0 Å². The fourth-order valence-corrected chi connectivity index (χ4v) is 0.450. The monoisotopic (exact) mass is 137 g/mol. The molecule has 50 valence electrons. The van der Waals surface area contributed by atoms with E-state index in [1.165, 1.54) is 12.4 Å². The molecule has 0 saturated carbocycles. The van der Waals surface area contributed by atoms with Crippen LogP contribution in [-0.4, -0.2) is 15.9 Å². The molecule has 0 aliphatic heterocycles. The third-order valence-electron chi connectivity index (χ3n) is 0.840. The van der Waals surface area contributed by atoms with E-state index < -0.39 is 5.91 Å². The van der Waals surface area contributed by atoms with E-state index in [0.717, 1.165) is 0 Å². The van der Waals surface area contributed by atoms with Crippen molar-refractivity contribution in [2.45, 2.75) is 0 Å². The summed E-state index contributed by atoms with van der Waals surface area (Å²) in [5, 5.41) is 2.14. The number of amides is 1. The first-order chi connectivity index (χ1) is 4.84. The number of hydrogen-bond acceptors (Lipinski definition) is 4. The van der Waals surface area contributed by atoms with E-state index in [4.69, 9.17) is 0 Å². The Morgan fingerprint density at radius 1 is 1.40 bits per heavy atom. The largest absolute Gasteiger partial charge is 0.353 e. The molecule has 5 heteroatoms. The normalized spacial score (nSPS) is 8.80. The lowest BCUT2D eigenvalue weighted by molar-refractivity contribution is 0.0991. The second-order valence-corrected chi connectivity index (χ2v) is 1.47. The molecular formula is C5H3N3O2. The predicted molar refractivity (Wildman–Crippen MR) is 32.2 cm³/mol. The Bertz CT molecular complexity index is 246. The van der Waals surface area contributed by atoms with Crippen molar-refractivity contribution in [2.75, 3.05) is 0 Å². The first-order valence-corrected chi connectivity index (χ1v) is 2.49. The summed E-state index contributed by atoms with van der Waals surface area (Å²) in [4.78, 5) is 27.0. The van der Waals surface area contributed by atoms with Gasteiger partial charge < -0.3 is 0 Å². The number of nitrogens with zero attached hydrogens (tertiary/aromatic N) is 3. The maximum atomic E-state index is 10.4. The summed E-state index contributed by atoms with van der Waals surface area (Å²) in [6.07, 6.45) is 2.73. The van der Waals surface area contributed by atoms with Crippen molar-refractivity contribution < 1.29 is 4.79 Å². The summed E-state index contributed by atoms with van der Waals surface area (Å²) in [5.74, 6) is -1.11. The van der Waals surface area contributed by atoms with Gasteiger partial charge in [0, 0.05) is 17.6 Å². The Balaban J connectivity index is 2.95. The van der Waals surface area contributed by atoms with Gasteiger partial charge in [-0.05, 0) is 6.07 Å². The molecule has 0 fully saturated rings. The van der Waals surface area contributed by atoms with Crippen LogP contribution in [0.3, 0.4) is 0 Å². The van der Waals surface area contributed by atoms with Gasteiger partial charge in [0.2, 0.25) is 5.82 Å². The number of hydrogen-bond donors (Lipinski definition) is 0. The first-order valence-electron chi connectivity index (χ1n) is 2.49. The average Bonchev–Trinajstić information content (AvgIpc) is 2.05. The Labute approximate surface area is 56.1 Å². The van der Waals surface area contributed by atoms with Crippen molar-refractivity contribution in [1.29, 1.82) is 0 Å². The zero-order valence-corrected chi connectivity index (χ0v) is 4.89. The van der Waals surface area contributed by atoms with E-state index in [9.17, 15) is 9.70 Å². The highest BCUT2D eigenvalue weighted by Crippen LogP contribution is 1.88. The van der Waals surface area contributed by atoms with Crippen molar-refractivity contribution in [3.05, 3.63) is 29.2 Å². The lowest BCUT2D eigenvalue weighted by atomic mass is 10.5. The fraction of sp³-hybridized carbons (Fsp3) is 0. The first kappa shape index (κ1) is 6.47. The van der Waals surface area contributed by atoms with Gasteiger partial charge in [-0.3, -0.25) is 4.79 Å². The topological polar surface area (TPSA) is 72.3 Å². The molecule has 0 saturated heterocycles. The second-order valence-electron chi connectivity index (χ2n) is 1.47. The van der Waals surface area contributed by atoms with Gasteiger partial charge in [0.25, 0.3) is 0 Å². The lowest BCUT2D eigenvalue weighted by Crippen LogP contribution is -1.99. The van der Waals surface area contributed by atoms with Gasteiger partial charge in [-0.1, -0.05) is 0 Å². The van der Waals surface area contributed by atoms with E-state index in [0.29, 0.717) is 0 Å². The lowest BCUT2D eigenvalue weighted by Gasteiger charge is -1.85. The van der Waals surface area contributed by atoms with Gasteiger partial charge in [-0.25, -0.2) is 9.97 Å². The number of carbonyl (C=O) groups is 1. The van der Waals surface area contributed by atoms with Crippen LogP contribution in [0, 0.1) is 4.91 Å². The van der Waals surface area contributed by atoms with Crippen LogP contribution in [-0.2, 0) is 0 Å². The highest BCUT2D eigenvalue weighted by Gasteiger charge is 2.05. The molecule has 10 heavy (non-hydrogen) atoms. The van der Waals surface area contributed by atoms with Crippen molar-refractivity contribution in [1.82, 2.24) is 9.97 Å². The molecule has 0 unspecified atom stereocenters. The van der Waals surface area contributed by atoms with E-state index in [2.05, 4.69) is 15.1 Å². The van der Waals surface area contributed by atoms with E-state index in [1.54, 1.807) is 6.07 Å². The molecule has 0 radical (unpaired) electrons. The Kier molecular flexibility index (Phi) is 1.79. The van der Waals surface area contributed by atoms with Crippen LogP contribution >= 0.6 is 0 Å². The minimum absolute atomic E-state index is 0.169. The Morgan fingerprint density at radius 2 is 2.00 bits per heavy atom. The summed E-state index contributed by atoms with van der Waals surface area (Å²) in [6, 6.07) is 1.54. The maximum absolute atomic E-state index is 10.4. The molecule has 0 N–H and O–H groups in total. The van der Waals surface area contributed by atoms with Crippen molar-refractivity contribution >= 4 is 5.91 Å². The molecule has 1 aromatic rings. The highest BCUT2D eigenvalue weighted by atomic mass is 16.3. The third-order valence-corrected chi connectivity index (χ3v) is 0.840. The number of nitroso groups, excluding NO2 is 1. The standard InChI is InChI=1S/C5H3N3O2/c9-5(8-10)4-6-2-1-3-7-4/h1-3H. The molecule has 1 heterocycles. The molecule has 0 spiro atoms. The summed E-state index contributed by atoms with van der Waals surface area (Å²) in [7, 11) is 0. The minimum atomic E-state index is -0.944. The number of rotatable bonds is 1. The van der Waals surface area contributed by atoms with Crippen LogP contribution in [0.1, 0.15) is 10.6 Å². The zero-order chi connectivity index (χ0) is 7.40. The number of carbonyl (C=O) groups excluding carboxylic acids is 1. The SMILES string of the molecule is O=NC(=O)c1ncccn1. The molecule has 0 aliphatic carbocycles. The van der Waals surface area contributed by atoms with E-state index in [-0.39, 0.29) is 5.82 Å². The van der Waals surface area contributed by atoms with Crippen molar-refractivity contribution in [2.24, 2.45) is 5.18 Å². The maximum Gasteiger partial charge on any atom is 0.353 e. The quantitative estimate of drug-likeness (QED) is 0.524. The molecule has 1 rings (SSSR count). The Morgan fingerprint density at radius 3 is 2.50 bits per heavy atom. The van der Waals surface area contributed by atoms with Crippen LogP contribution in [0.15, 0.2) is 23.6 Å². The van der Waals surface area contributed by atoms with Gasteiger partial charge in [0.1, 0.15) is 0 Å². The second kappa shape index (κ2) is 2.77. The average molecular weight is 137 g/mol. The molecule has 1 amide bonds. The Hall–Kier alpha value is -1.65. The molecule has 1 aromatic heterocycles. The van der Waals surface area contributed by atoms with Crippen LogP contribution < -0.4 is 0 Å². The summed E-state index contributed by atoms with van der Waals surface area (Å²) in [6.45, 7) is 0. The zero-order valence-electron chi connectivity index (χ0n) is 4.89. The predicted octanol–water partition coefficient (Wildman–Crippen LogP) is 0.383. The third kappa shape index (κ3) is 1.19. The van der Waals surface area contributed by atoms with Crippen LogP contribution in [0.4, 0.5) is 0 Å². The molecule has 0 aromatic carbocycles. The van der Waals surface area contributed by atoms with Gasteiger partial charge in [-0.15, -0.1) is 4.91 Å². The van der Waals surface area contributed by atoms with Crippen molar-refractivity contribution in [3.8, 4) is 0 Å². The summed E-state index contributed by atoms with van der Waals surface area (Å²) >= 11 is 0. The van der Waals surface area contributed by atoms with Gasteiger partial charge >= 0.3 is 5.91 Å². The molecule has 0 aliphatic rings. The van der Waals surface area contributed by atoms with Crippen LogP contribution in [0.25, 0.3) is 0 Å².